The van der Waals surface area contributed by atoms with Crippen molar-refractivity contribution in [3.05, 3.63) is 22.7 Å². The third-order valence-corrected chi connectivity index (χ3v) is 4.60. The minimum absolute atomic E-state index is 0.0191. The van der Waals surface area contributed by atoms with Gasteiger partial charge in [-0.2, -0.15) is 11.3 Å². The van der Waals surface area contributed by atoms with Crippen molar-refractivity contribution < 1.29 is 18.7 Å². The van der Waals surface area contributed by atoms with E-state index in [-0.39, 0.29) is 12.0 Å². The second-order valence-corrected chi connectivity index (χ2v) is 6.71. The zero-order valence-corrected chi connectivity index (χ0v) is 14.9. The lowest BCUT2D eigenvalue weighted by atomic mass is 10.2. The summed E-state index contributed by atoms with van der Waals surface area (Å²) in [6.07, 6.45) is 4.03. The van der Waals surface area contributed by atoms with Gasteiger partial charge in [0.05, 0.1) is 12.7 Å². The minimum Gasteiger partial charge on any atom is -0.421 e. The van der Waals surface area contributed by atoms with E-state index >= 15 is 0 Å². The van der Waals surface area contributed by atoms with Crippen LogP contribution in [0.5, 0.6) is 0 Å². The van der Waals surface area contributed by atoms with Crippen LogP contribution in [0.1, 0.15) is 31.6 Å². The van der Waals surface area contributed by atoms with Crippen LogP contribution < -0.4 is 5.32 Å². The van der Waals surface area contributed by atoms with Crippen molar-refractivity contribution in [3.63, 3.8) is 0 Å². The van der Waals surface area contributed by atoms with Crippen LogP contribution in [0, 0.1) is 0 Å². The van der Waals surface area contributed by atoms with Gasteiger partial charge >= 0.3 is 0 Å². The lowest BCUT2D eigenvalue weighted by molar-refractivity contribution is -0.121. The number of nitrogens with zero attached hydrogens (tertiary/aromatic N) is 2. The van der Waals surface area contributed by atoms with Crippen LogP contribution >= 0.6 is 11.3 Å². The number of carbonyl (C=O) groups excluding carboxylic acids is 1. The molecule has 1 aliphatic heterocycles. The summed E-state index contributed by atoms with van der Waals surface area (Å²) in [5.74, 6) is 0.964. The van der Waals surface area contributed by atoms with E-state index < -0.39 is 0 Å². The molecule has 0 bridgehead atoms. The van der Waals surface area contributed by atoms with E-state index in [2.05, 4.69) is 15.5 Å². The van der Waals surface area contributed by atoms with E-state index in [1.54, 1.807) is 11.3 Å². The summed E-state index contributed by atoms with van der Waals surface area (Å²) in [5, 5.41) is 14.8. The molecular formula is C17H23N3O4S. The molecule has 0 radical (unpaired) electrons. The summed E-state index contributed by atoms with van der Waals surface area (Å²) >= 11 is 1.57. The highest BCUT2D eigenvalue weighted by molar-refractivity contribution is 7.08. The van der Waals surface area contributed by atoms with E-state index in [4.69, 9.17) is 13.9 Å². The van der Waals surface area contributed by atoms with Gasteiger partial charge in [-0.3, -0.25) is 4.79 Å². The normalized spacial score (nSPS) is 17.0. The van der Waals surface area contributed by atoms with Crippen LogP contribution in [-0.4, -0.2) is 48.6 Å². The van der Waals surface area contributed by atoms with Crippen molar-refractivity contribution in [1.29, 1.82) is 0 Å². The third-order valence-electron chi connectivity index (χ3n) is 3.92. The summed E-state index contributed by atoms with van der Waals surface area (Å²) in [6, 6.07) is 1.93. The molecule has 1 aliphatic rings. The lowest BCUT2D eigenvalue weighted by Crippen LogP contribution is -2.26. The number of rotatable bonds is 10. The maximum absolute atomic E-state index is 11.8. The average molecular weight is 365 g/mol. The Hall–Kier alpha value is -1.77. The predicted molar refractivity (Wildman–Crippen MR) is 93.4 cm³/mol. The molecule has 0 spiro atoms. The molecule has 136 valence electrons. The Labute approximate surface area is 150 Å². The number of aryl methyl sites for hydroxylation is 1. The Bertz CT molecular complexity index is 638. The summed E-state index contributed by atoms with van der Waals surface area (Å²) in [5.41, 5.74) is 0.913. The van der Waals surface area contributed by atoms with Crippen molar-refractivity contribution in [2.75, 3.05) is 26.4 Å². The van der Waals surface area contributed by atoms with E-state index in [9.17, 15) is 4.79 Å². The molecule has 1 amide bonds. The minimum atomic E-state index is -0.0191. The van der Waals surface area contributed by atoms with Crippen molar-refractivity contribution in [3.8, 4) is 11.5 Å². The molecule has 1 unspecified atom stereocenters. The quantitative estimate of drug-likeness (QED) is 0.651. The average Bonchev–Trinajstić information content (AvgIpc) is 3.38. The Morgan fingerprint density at radius 2 is 2.40 bits per heavy atom. The second kappa shape index (κ2) is 9.65. The number of amides is 1. The first-order valence-electron chi connectivity index (χ1n) is 8.62. The molecule has 0 aromatic carbocycles. The van der Waals surface area contributed by atoms with Crippen molar-refractivity contribution in [1.82, 2.24) is 15.5 Å². The Balaban J connectivity index is 1.24. The predicted octanol–water partition coefficient (Wildman–Crippen LogP) is 2.43. The summed E-state index contributed by atoms with van der Waals surface area (Å²) in [7, 11) is 0. The molecule has 25 heavy (non-hydrogen) atoms. The number of hydrogen-bond acceptors (Lipinski definition) is 7. The molecule has 1 N–H and O–H groups in total. The van der Waals surface area contributed by atoms with Gasteiger partial charge in [-0.05, 0) is 30.7 Å². The Morgan fingerprint density at radius 1 is 1.44 bits per heavy atom. The molecule has 0 aliphatic carbocycles. The van der Waals surface area contributed by atoms with Gasteiger partial charge < -0.3 is 19.2 Å². The van der Waals surface area contributed by atoms with Crippen LogP contribution in [0.2, 0.25) is 0 Å². The summed E-state index contributed by atoms with van der Waals surface area (Å²) < 4.78 is 16.6. The van der Waals surface area contributed by atoms with Gasteiger partial charge in [-0.1, -0.05) is 0 Å². The number of ether oxygens (including phenoxy) is 2. The first kappa shape index (κ1) is 18.0. The van der Waals surface area contributed by atoms with Gasteiger partial charge in [0.1, 0.15) is 0 Å². The Morgan fingerprint density at radius 3 is 3.20 bits per heavy atom. The zero-order chi connectivity index (χ0) is 17.3. The highest BCUT2D eigenvalue weighted by Gasteiger charge is 2.15. The number of carbonyl (C=O) groups is 1. The van der Waals surface area contributed by atoms with Crippen LogP contribution in [0.15, 0.2) is 21.2 Å². The molecule has 0 saturated carbocycles. The van der Waals surface area contributed by atoms with Crippen LogP contribution in [0.3, 0.4) is 0 Å². The first-order valence-corrected chi connectivity index (χ1v) is 9.56. The molecule has 1 atom stereocenters. The van der Waals surface area contributed by atoms with Gasteiger partial charge in [0.15, 0.2) is 0 Å². The van der Waals surface area contributed by atoms with Gasteiger partial charge in [-0.15, -0.1) is 10.2 Å². The molecular weight excluding hydrogens is 342 g/mol. The third kappa shape index (κ3) is 5.91. The van der Waals surface area contributed by atoms with Gasteiger partial charge in [0, 0.05) is 43.5 Å². The molecule has 8 heteroatoms. The fourth-order valence-electron chi connectivity index (χ4n) is 2.56. The van der Waals surface area contributed by atoms with E-state index in [0.717, 1.165) is 31.4 Å². The highest BCUT2D eigenvalue weighted by atomic mass is 32.1. The monoisotopic (exact) mass is 365 g/mol. The van der Waals surface area contributed by atoms with Gasteiger partial charge in [-0.25, -0.2) is 0 Å². The van der Waals surface area contributed by atoms with Crippen LogP contribution in [-0.2, 0) is 20.7 Å². The zero-order valence-electron chi connectivity index (χ0n) is 14.1. The second-order valence-electron chi connectivity index (χ2n) is 5.93. The van der Waals surface area contributed by atoms with E-state index in [1.807, 2.05) is 16.8 Å². The number of aromatic nitrogens is 2. The summed E-state index contributed by atoms with van der Waals surface area (Å²) in [6.45, 7) is 2.73. The summed E-state index contributed by atoms with van der Waals surface area (Å²) in [4.78, 5) is 11.8. The largest absolute Gasteiger partial charge is 0.421 e. The molecule has 3 heterocycles. The fourth-order valence-corrected chi connectivity index (χ4v) is 3.19. The first-order chi connectivity index (χ1) is 12.3. The molecule has 2 aromatic heterocycles. The molecule has 1 saturated heterocycles. The van der Waals surface area contributed by atoms with E-state index in [0.29, 0.717) is 44.4 Å². The number of hydrogen-bond donors (Lipinski definition) is 1. The smallest absolute Gasteiger partial charge is 0.248 e. The van der Waals surface area contributed by atoms with E-state index in [1.165, 1.54) is 0 Å². The van der Waals surface area contributed by atoms with Crippen molar-refractivity contribution in [2.24, 2.45) is 0 Å². The maximum Gasteiger partial charge on any atom is 0.248 e. The number of thiophene rings is 1. The van der Waals surface area contributed by atoms with Crippen molar-refractivity contribution >= 4 is 17.2 Å². The highest BCUT2D eigenvalue weighted by Crippen LogP contribution is 2.20. The fraction of sp³-hybridized carbons (Fsp3) is 0.588. The number of nitrogens with one attached hydrogen (secondary N) is 1. The molecule has 2 aromatic rings. The van der Waals surface area contributed by atoms with Crippen molar-refractivity contribution in [2.45, 2.75) is 38.2 Å². The molecule has 3 rings (SSSR count). The standard InChI is InChI=1S/C17H23N3O4S/c21-15(18-7-2-8-22-11-14-3-1-9-23-14)4-5-16-19-20-17(24-16)13-6-10-25-12-13/h6,10,12,14H,1-5,7-9,11H2,(H,18,21). The van der Waals surface area contributed by atoms with Gasteiger partial charge in [0.2, 0.25) is 17.7 Å². The van der Waals surface area contributed by atoms with Crippen LogP contribution in [0.25, 0.3) is 11.5 Å². The van der Waals surface area contributed by atoms with Crippen LogP contribution in [0.4, 0.5) is 0 Å². The SMILES string of the molecule is O=C(CCc1nnc(-c2ccsc2)o1)NCCCOCC1CCCO1. The maximum atomic E-state index is 11.8. The Kier molecular flexibility index (Phi) is 6.96. The molecule has 1 fully saturated rings. The molecule has 7 nitrogen and oxygen atoms in total. The van der Waals surface area contributed by atoms with Gasteiger partial charge in [0.25, 0.3) is 0 Å². The topological polar surface area (TPSA) is 86.5 Å². The lowest BCUT2D eigenvalue weighted by Gasteiger charge is -2.10.